The molecule has 3 rings (SSSR count). The number of urea groups is 1. The molecular weight excluding hydrogens is 388 g/mol. The van der Waals surface area contributed by atoms with Gasteiger partial charge in [0.2, 0.25) is 0 Å². The van der Waals surface area contributed by atoms with Crippen molar-refractivity contribution < 1.29 is 14.3 Å². The van der Waals surface area contributed by atoms with E-state index in [9.17, 15) is 9.59 Å². The molecule has 0 aliphatic carbocycles. The molecule has 29 heavy (non-hydrogen) atoms. The maximum absolute atomic E-state index is 12.3. The lowest BCUT2D eigenvalue weighted by atomic mass is 9.84. The molecule has 2 aromatic rings. The number of anilines is 1. The summed E-state index contributed by atoms with van der Waals surface area (Å²) in [6.45, 7) is 9.67. The fourth-order valence-corrected chi connectivity index (χ4v) is 4.37. The minimum absolute atomic E-state index is 0.0891. The van der Waals surface area contributed by atoms with Gasteiger partial charge in [0.25, 0.3) is 0 Å². The summed E-state index contributed by atoms with van der Waals surface area (Å²) in [4.78, 5) is 36.1. The van der Waals surface area contributed by atoms with Crippen LogP contribution < -0.4 is 5.32 Å². The van der Waals surface area contributed by atoms with Crippen molar-refractivity contribution in [3.8, 4) is 10.4 Å². The van der Waals surface area contributed by atoms with Gasteiger partial charge in [-0.05, 0) is 44.4 Å². The third-order valence-electron chi connectivity index (χ3n) is 5.01. The molecule has 156 valence electrons. The summed E-state index contributed by atoms with van der Waals surface area (Å²) in [5, 5.41) is 3.51. The number of aryl methyl sites for hydroxylation is 1. The lowest BCUT2D eigenvalue weighted by molar-refractivity contribution is -0.144. The first-order valence-electron chi connectivity index (χ1n) is 9.96. The maximum Gasteiger partial charge on any atom is 0.323 e. The molecule has 0 unspecified atom stereocenters. The molecule has 1 fully saturated rings. The number of nitrogens with zero attached hydrogens (tertiary/aromatic N) is 3. The van der Waals surface area contributed by atoms with Gasteiger partial charge in [-0.25, -0.2) is 9.78 Å². The molecule has 0 bridgehead atoms. The number of esters is 1. The van der Waals surface area contributed by atoms with E-state index in [1.54, 1.807) is 13.1 Å². The van der Waals surface area contributed by atoms with E-state index in [2.05, 4.69) is 15.3 Å². The van der Waals surface area contributed by atoms with Crippen LogP contribution in [0.2, 0.25) is 0 Å². The van der Waals surface area contributed by atoms with Gasteiger partial charge in [0, 0.05) is 30.4 Å². The molecule has 1 saturated heterocycles. The van der Waals surface area contributed by atoms with Crippen molar-refractivity contribution in [3.05, 3.63) is 29.7 Å². The van der Waals surface area contributed by atoms with E-state index >= 15 is 0 Å². The number of hydrogen-bond acceptors (Lipinski definition) is 6. The minimum Gasteiger partial charge on any atom is -0.466 e. The van der Waals surface area contributed by atoms with Gasteiger partial charge in [-0.2, -0.15) is 0 Å². The highest BCUT2D eigenvalue weighted by Gasteiger charge is 2.27. The number of carbonyl (C=O) groups excluding carboxylic acids is 2. The molecule has 1 N–H and O–H groups in total. The quantitative estimate of drug-likeness (QED) is 0.707. The Kier molecular flexibility index (Phi) is 6.52. The van der Waals surface area contributed by atoms with E-state index in [0.717, 1.165) is 47.8 Å². The maximum atomic E-state index is 12.3. The summed E-state index contributed by atoms with van der Waals surface area (Å²) in [5.41, 5.74) is 2.20. The monoisotopic (exact) mass is 416 g/mol. The third kappa shape index (κ3) is 5.12. The SMILES string of the molecule is CCOC(=O)CC(C)(C)c1cc(-c2sc(NC(=O)N3CCCC3)nc2C)ccn1. The highest BCUT2D eigenvalue weighted by Crippen LogP contribution is 2.35. The van der Waals surface area contributed by atoms with Crippen LogP contribution in [0.4, 0.5) is 9.93 Å². The van der Waals surface area contributed by atoms with Crippen molar-refractivity contribution >= 4 is 28.5 Å². The number of nitrogens with one attached hydrogen (secondary N) is 1. The van der Waals surface area contributed by atoms with E-state index < -0.39 is 5.41 Å². The molecule has 8 heteroatoms. The van der Waals surface area contributed by atoms with Crippen LogP contribution in [-0.2, 0) is 14.9 Å². The van der Waals surface area contributed by atoms with E-state index in [1.807, 2.05) is 37.8 Å². The Morgan fingerprint density at radius 1 is 1.31 bits per heavy atom. The highest BCUT2D eigenvalue weighted by molar-refractivity contribution is 7.19. The molecule has 1 aliphatic heterocycles. The number of rotatable bonds is 6. The van der Waals surface area contributed by atoms with Crippen LogP contribution in [0, 0.1) is 6.92 Å². The van der Waals surface area contributed by atoms with Crippen molar-refractivity contribution in [1.82, 2.24) is 14.9 Å². The first kappa shape index (κ1) is 21.2. The van der Waals surface area contributed by atoms with Gasteiger partial charge in [0.05, 0.1) is 23.6 Å². The summed E-state index contributed by atoms with van der Waals surface area (Å²) in [6.07, 6.45) is 4.11. The van der Waals surface area contributed by atoms with Crippen molar-refractivity contribution in [1.29, 1.82) is 0 Å². The van der Waals surface area contributed by atoms with Crippen LogP contribution in [0.1, 0.15) is 51.4 Å². The van der Waals surface area contributed by atoms with Crippen LogP contribution in [0.3, 0.4) is 0 Å². The lowest BCUT2D eigenvalue weighted by Crippen LogP contribution is -2.32. The number of carbonyl (C=O) groups is 2. The van der Waals surface area contributed by atoms with E-state index in [1.165, 1.54) is 11.3 Å². The molecule has 0 spiro atoms. The summed E-state index contributed by atoms with van der Waals surface area (Å²) in [6, 6.07) is 3.83. The molecule has 0 saturated carbocycles. The number of amides is 2. The Morgan fingerprint density at radius 3 is 2.72 bits per heavy atom. The zero-order valence-electron chi connectivity index (χ0n) is 17.4. The smallest absolute Gasteiger partial charge is 0.323 e. The average molecular weight is 417 g/mol. The number of aromatic nitrogens is 2. The molecule has 0 radical (unpaired) electrons. The summed E-state index contributed by atoms with van der Waals surface area (Å²) in [7, 11) is 0. The normalized spacial score (nSPS) is 14.1. The van der Waals surface area contributed by atoms with Crippen LogP contribution in [-0.4, -0.2) is 46.6 Å². The molecule has 0 aromatic carbocycles. The van der Waals surface area contributed by atoms with Crippen molar-refractivity contribution in [2.45, 2.75) is 52.4 Å². The van der Waals surface area contributed by atoms with Crippen LogP contribution in [0.5, 0.6) is 0 Å². The van der Waals surface area contributed by atoms with E-state index in [-0.39, 0.29) is 18.4 Å². The van der Waals surface area contributed by atoms with Crippen molar-refractivity contribution in [3.63, 3.8) is 0 Å². The van der Waals surface area contributed by atoms with Gasteiger partial charge in [0.15, 0.2) is 5.13 Å². The molecule has 2 aromatic heterocycles. The largest absolute Gasteiger partial charge is 0.466 e. The van der Waals surface area contributed by atoms with Crippen LogP contribution in [0.15, 0.2) is 18.3 Å². The molecule has 0 atom stereocenters. The first-order chi connectivity index (χ1) is 13.8. The van der Waals surface area contributed by atoms with Gasteiger partial charge in [-0.1, -0.05) is 25.2 Å². The van der Waals surface area contributed by atoms with Gasteiger partial charge in [-0.15, -0.1) is 0 Å². The topological polar surface area (TPSA) is 84.4 Å². The second-order valence-electron chi connectivity index (χ2n) is 7.85. The lowest BCUT2D eigenvalue weighted by Gasteiger charge is -2.23. The summed E-state index contributed by atoms with van der Waals surface area (Å²) in [5.74, 6) is -0.231. The van der Waals surface area contributed by atoms with Crippen LogP contribution >= 0.6 is 11.3 Å². The molecule has 1 aliphatic rings. The fraction of sp³-hybridized carbons (Fsp3) is 0.524. The van der Waals surface area contributed by atoms with E-state index in [4.69, 9.17) is 4.74 Å². The zero-order valence-corrected chi connectivity index (χ0v) is 18.3. The Hall–Kier alpha value is -2.48. The second kappa shape index (κ2) is 8.90. The second-order valence-corrected chi connectivity index (χ2v) is 8.85. The zero-order chi connectivity index (χ0) is 21.0. The highest BCUT2D eigenvalue weighted by atomic mass is 32.1. The van der Waals surface area contributed by atoms with Crippen LogP contribution in [0.25, 0.3) is 10.4 Å². The van der Waals surface area contributed by atoms with Crippen molar-refractivity contribution in [2.75, 3.05) is 25.0 Å². The van der Waals surface area contributed by atoms with Gasteiger partial charge < -0.3 is 9.64 Å². The standard InChI is InChI=1S/C21H28N4O3S/c1-5-28-17(26)13-21(3,4)16-12-15(8-9-22-16)18-14(2)23-19(29-18)24-20(27)25-10-6-7-11-25/h8-9,12H,5-7,10-11,13H2,1-4H3,(H,23,24,27). The summed E-state index contributed by atoms with van der Waals surface area (Å²) >= 11 is 1.45. The number of ether oxygens (including phenoxy) is 1. The average Bonchev–Trinajstić information content (AvgIpc) is 3.31. The predicted octanol–water partition coefficient (Wildman–Crippen LogP) is 4.37. The number of pyridine rings is 1. The van der Waals surface area contributed by atoms with Gasteiger partial charge in [-0.3, -0.25) is 15.1 Å². The first-order valence-corrected chi connectivity index (χ1v) is 10.8. The Morgan fingerprint density at radius 2 is 2.03 bits per heavy atom. The fourth-order valence-electron chi connectivity index (χ4n) is 3.41. The number of likely N-dealkylation sites (tertiary alicyclic amines) is 1. The minimum atomic E-state index is -0.451. The Labute approximate surface area is 175 Å². The van der Waals surface area contributed by atoms with Crippen molar-refractivity contribution in [2.24, 2.45) is 0 Å². The summed E-state index contributed by atoms with van der Waals surface area (Å²) < 4.78 is 5.10. The van der Waals surface area contributed by atoms with Gasteiger partial charge in [0.1, 0.15) is 0 Å². The van der Waals surface area contributed by atoms with E-state index in [0.29, 0.717) is 11.7 Å². The third-order valence-corrected chi connectivity index (χ3v) is 6.13. The van der Waals surface area contributed by atoms with Gasteiger partial charge >= 0.3 is 12.0 Å². The Bertz CT molecular complexity index is 888. The predicted molar refractivity (Wildman–Crippen MR) is 114 cm³/mol. The molecule has 2 amide bonds. The number of hydrogen-bond donors (Lipinski definition) is 1. The molecule has 7 nitrogen and oxygen atoms in total. The molecule has 3 heterocycles. The molecular formula is C21H28N4O3S. The number of thiazole rings is 1. The Balaban J connectivity index is 1.79.